The van der Waals surface area contributed by atoms with Gasteiger partial charge in [0.05, 0.1) is 6.61 Å². The zero-order valence-corrected chi connectivity index (χ0v) is 10.2. The normalized spacial score (nSPS) is 42.0. The molecule has 15 heavy (non-hydrogen) atoms. The monoisotopic (exact) mass is 211 g/mol. The molecule has 0 aromatic rings. The summed E-state index contributed by atoms with van der Waals surface area (Å²) in [5.41, 5.74) is 0.0601. The molecule has 1 spiro atoms. The predicted molar refractivity (Wildman–Crippen MR) is 62.8 cm³/mol. The fraction of sp³-hybridized carbons (Fsp3) is 1.00. The molecule has 1 aliphatic carbocycles. The fourth-order valence-electron chi connectivity index (χ4n) is 2.96. The van der Waals surface area contributed by atoms with Crippen LogP contribution < -0.4 is 5.32 Å². The zero-order valence-electron chi connectivity index (χ0n) is 10.2. The molecular formula is C13H25NO. The molecular weight excluding hydrogens is 186 g/mol. The van der Waals surface area contributed by atoms with Crippen LogP contribution in [0.4, 0.5) is 0 Å². The Labute approximate surface area is 93.8 Å². The highest BCUT2D eigenvalue weighted by Crippen LogP contribution is 2.35. The third-order valence-corrected chi connectivity index (χ3v) is 4.03. The summed E-state index contributed by atoms with van der Waals surface area (Å²) in [6, 6.07) is 0.706. The van der Waals surface area contributed by atoms with Crippen molar-refractivity contribution in [1.29, 1.82) is 0 Å². The number of nitrogens with one attached hydrogen (secondary N) is 1. The van der Waals surface area contributed by atoms with Gasteiger partial charge in [0.25, 0.3) is 0 Å². The van der Waals surface area contributed by atoms with Gasteiger partial charge in [-0.3, -0.25) is 5.32 Å². The maximum absolute atomic E-state index is 6.02. The molecule has 88 valence electrons. The predicted octanol–water partition coefficient (Wildman–Crippen LogP) is 3.07. The first-order chi connectivity index (χ1) is 7.24. The number of rotatable bonds is 2. The molecule has 0 amide bonds. The molecule has 1 heterocycles. The van der Waals surface area contributed by atoms with E-state index in [-0.39, 0.29) is 5.72 Å². The molecule has 0 radical (unpaired) electrons. The van der Waals surface area contributed by atoms with Crippen molar-refractivity contribution in [2.45, 2.75) is 70.6 Å². The maximum atomic E-state index is 6.02. The zero-order chi connectivity index (χ0) is 10.7. The Morgan fingerprint density at radius 1 is 1.27 bits per heavy atom. The summed E-state index contributed by atoms with van der Waals surface area (Å²) >= 11 is 0. The molecule has 1 unspecified atom stereocenters. The lowest BCUT2D eigenvalue weighted by Gasteiger charge is -2.46. The third-order valence-electron chi connectivity index (χ3n) is 4.03. The summed E-state index contributed by atoms with van der Waals surface area (Å²) in [5, 5.41) is 3.77. The number of ether oxygens (including phenoxy) is 1. The van der Waals surface area contributed by atoms with Gasteiger partial charge < -0.3 is 4.74 Å². The van der Waals surface area contributed by atoms with Crippen LogP contribution in [0.5, 0.6) is 0 Å². The van der Waals surface area contributed by atoms with Crippen LogP contribution in [0.15, 0.2) is 0 Å². The lowest BCUT2D eigenvalue weighted by atomic mass is 9.83. The quantitative estimate of drug-likeness (QED) is 0.758. The minimum absolute atomic E-state index is 0.0601. The minimum Gasteiger partial charge on any atom is -0.361 e. The van der Waals surface area contributed by atoms with E-state index in [0.29, 0.717) is 6.04 Å². The third kappa shape index (κ3) is 2.73. The van der Waals surface area contributed by atoms with Crippen LogP contribution in [-0.2, 0) is 4.74 Å². The van der Waals surface area contributed by atoms with Crippen molar-refractivity contribution in [3.05, 3.63) is 0 Å². The topological polar surface area (TPSA) is 21.3 Å². The molecule has 2 fully saturated rings. The molecule has 0 bridgehead atoms. The fourth-order valence-corrected chi connectivity index (χ4v) is 2.96. The highest BCUT2D eigenvalue weighted by Gasteiger charge is 2.38. The van der Waals surface area contributed by atoms with Gasteiger partial charge in [0.1, 0.15) is 5.72 Å². The first-order valence-corrected chi connectivity index (χ1v) is 6.66. The van der Waals surface area contributed by atoms with E-state index in [9.17, 15) is 0 Å². The van der Waals surface area contributed by atoms with Gasteiger partial charge in [0.15, 0.2) is 0 Å². The van der Waals surface area contributed by atoms with E-state index in [0.717, 1.165) is 12.5 Å². The molecule has 1 aliphatic heterocycles. The molecule has 0 aromatic carbocycles. The summed E-state index contributed by atoms with van der Waals surface area (Å²) in [6.07, 6.45) is 8.87. The van der Waals surface area contributed by atoms with Crippen molar-refractivity contribution in [2.24, 2.45) is 5.92 Å². The van der Waals surface area contributed by atoms with Crippen molar-refractivity contribution >= 4 is 0 Å². The summed E-state index contributed by atoms with van der Waals surface area (Å²) in [7, 11) is 0. The van der Waals surface area contributed by atoms with E-state index < -0.39 is 0 Å². The second-order valence-electron chi connectivity index (χ2n) is 5.44. The molecule has 2 nitrogen and oxygen atoms in total. The van der Waals surface area contributed by atoms with E-state index in [1.165, 1.54) is 44.9 Å². The summed E-state index contributed by atoms with van der Waals surface area (Å²) in [5.74, 6) is 0.896. The van der Waals surface area contributed by atoms with Gasteiger partial charge >= 0.3 is 0 Å². The minimum atomic E-state index is 0.0601. The van der Waals surface area contributed by atoms with E-state index >= 15 is 0 Å². The molecule has 0 aromatic heterocycles. The molecule has 1 atom stereocenters. The largest absolute Gasteiger partial charge is 0.361 e. The molecule has 2 heteroatoms. The molecule has 1 saturated heterocycles. The Bertz CT molecular complexity index is 195. The van der Waals surface area contributed by atoms with Crippen molar-refractivity contribution < 1.29 is 4.74 Å². The summed E-state index contributed by atoms with van der Waals surface area (Å²) < 4.78 is 6.02. The summed E-state index contributed by atoms with van der Waals surface area (Å²) in [6.45, 7) is 5.60. The molecule has 1 saturated carbocycles. The van der Waals surface area contributed by atoms with Crippen molar-refractivity contribution in [1.82, 2.24) is 5.32 Å². The van der Waals surface area contributed by atoms with Gasteiger partial charge in [-0.2, -0.15) is 0 Å². The van der Waals surface area contributed by atoms with Crippen LogP contribution in [-0.4, -0.2) is 18.4 Å². The van der Waals surface area contributed by atoms with Gasteiger partial charge in [-0.1, -0.05) is 20.3 Å². The maximum Gasteiger partial charge on any atom is 0.119 e. The first kappa shape index (κ1) is 11.4. The molecule has 2 rings (SSSR count). The first-order valence-electron chi connectivity index (χ1n) is 6.66. The second kappa shape index (κ2) is 4.84. The average Bonchev–Trinajstić information content (AvgIpc) is 2.24. The second-order valence-corrected chi connectivity index (χ2v) is 5.44. The Hall–Kier alpha value is -0.0800. The van der Waals surface area contributed by atoms with Crippen LogP contribution in [0.25, 0.3) is 0 Å². The lowest BCUT2D eigenvalue weighted by molar-refractivity contribution is -0.135. The lowest BCUT2D eigenvalue weighted by Crippen LogP contribution is -2.57. The van der Waals surface area contributed by atoms with Gasteiger partial charge in [0, 0.05) is 6.04 Å². The number of hydrogen-bond acceptors (Lipinski definition) is 2. The van der Waals surface area contributed by atoms with E-state index in [4.69, 9.17) is 4.74 Å². The average molecular weight is 211 g/mol. The van der Waals surface area contributed by atoms with Gasteiger partial charge in [0.2, 0.25) is 0 Å². The Morgan fingerprint density at radius 2 is 2.00 bits per heavy atom. The Kier molecular flexibility index (Phi) is 3.68. The van der Waals surface area contributed by atoms with Crippen LogP contribution in [0, 0.1) is 5.92 Å². The van der Waals surface area contributed by atoms with Crippen LogP contribution in [0.3, 0.4) is 0 Å². The smallest absolute Gasteiger partial charge is 0.119 e. The summed E-state index contributed by atoms with van der Waals surface area (Å²) in [4.78, 5) is 0. The van der Waals surface area contributed by atoms with E-state index in [1.54, 1.807) is 0 Å². The Morgan fingerprint density at radius 3 is 2.67 bits per heavy atom. The van der Waals surface area contributed by atoms with Gasteiger partial charge in [-0.15, -0.1) is 0 Å². The van der Waals surface area contributed by atoms with Gasteiger partial charge in [-0.05, 0) is 44.4 Å². The SMILES string of the molecule is CCCC1CCOC2(CCC(C)CC2)N1. The van der Waals surface area contributed by atoms with Crippen molar-refractivity contribution in [3.8, 4) is 0 Å². The van der Waals surface area contributed by atoms with E-state index in [1.807, 2.05) is 0 Å². The molecule has 2 aliphatic rings. The highest BCUT2D eigenvalue weighted by atomic mass is 16.5. The highest BCUT2D eigenvalue weighted by molar-refractivity contribution is 4.89. The van der Waals surface area contributed by atoms with Crippen LogP contribution in [0.2, 0.25) is 0 Å². The van der Waals surface area contributed by atoms with Gasteiger partial charge in [-0.25, -0.2) is 0 Å². The van der Waals surface area contributed by atoms with Crippen LogP contribution in [0.1, 0.15) is 58.8 Å². The Balaban J connectivity index is 1.90. The van der Waals surface area contributed by atoms with Crippen molar-refractivity contribution in [3.63, 3.8) is 0 Å². The standard InChI is InChI=1S/C13H25NO/c1-3-4-12-7-10-15-13(14-12)8-5-11(2)6-9-13/h11-12,14H,3-10H2,1-2H3. The molecule has 1 N–H and O–H groups in total. The van der Waals surface area contributed by atoms with Crippen molar-refractivity contribution in [2.75, 3.05) is 6.61 Å². The number of hydrogen-bond donors (Lipinski definition) is 1. The van der Waals surface area contributed by atoms with E-state index in [2.05, 4.69) is 19.2 Å². The van der Waals surface area contributed by atoms with Crippen LogP contribution >= 0.6 is 0 Å².